The Kier molecular flexibility index (Phi) is 39.5. The van der Waals surface area contributed by atoms with Crippen LogP contribution in [0.25, 0.3) is 10.8 Å². The molecule has 0 saturated heterocycles. The average molecular weight is 1860 g/mol. The lowest BCUT2D eigenvalue weighted by atomic mass is 9.77. The molecule has 25 N–H and O–H groups in total. The number of aliphatic hydroxyl groups is 1. The smallest absolute Gasteiger partial charge is 0.305 e. The molecule has 4 bridgehead atoms. The van der Waals surface area contributed by atoms with E-state index in [4.69, 9.17) is 17.2 Å². The number of nitrogens with two attached hydrogens (primary N) is 3. The van der Waals surface area contributed by atoms with Gasteiger partial charge in [-0.1, -0.05) is 112 Å². The quantitative estimate of drug-likeness (QED) is 0.0384. The van der Waals surface area contributed by atoms with Gasteiger partial charge in [-0.05, 0) is 103 Å². The second-order valence-electron chi connectivity index (χ2n) is 32.7. The van der Waals surface area contributed by atoms with Crippen LogP contribution in [0.3, 0.4) is 0 Å². The third-order valence-electron chi connectivity index (χ3n) is 21.1. The minimum absolute atomic E-state index is 0.00466. The zero-order valence-electron chi connectivity index (χ0n) is 71.6. The van der Waals surface area contributed by atoms with E-state index in [1.54, 1.807) is 78.9 Å². The Morgan fingerprint density at radius 1 is 0.450 bits per heavy atom. The Balaban J connectivity index is 1.39. The summed E-state index contributed by atoms with van der Waals surface area (Å²) in [6.07, 6.45) is -8.27. The summed E-state index contributed by atoms with van der Waals surface area (Å²) in [5.41, 5.74) is 18.4. The maximum absolute atomic E-state index is 15.3. The van der Waals surface area contributed by atoms with Crippen LogP contribution in [0.15, 0.2) is 91.0 Å². The topological polar surface area (TPSA) is 689 Å². The fourth-order valence-corrected chi connectivity index (χ4v) is 16.8. The number of thioether (sulfide) groups is 3. The Labute approximate surface area is 753 Å². The van der Waals surface area contributed by atoms with Gasteiger partial charge in [0.15, 0.2) is 0 Å². The van der Waals surface area contributed by atoms with Crippen molar-refractivity contribution in [1.82, 2.24) is 74.4 Å². The standard InChI is InChI=1S/C84H111N17O25S3/c1-40(85)70(113)99-60-38-128-35-45-25-44-26-46(27-45)36-129-39-61(100-72(115)42(3)88-75(118)54(29-48-17-12-16-47-15-10-11-18-50(47)48)94-73(116)51(20-23-64(104)105)90-78(121)56(31-63(86)103)92-71(114)41(2)89-81(60)124)82(125)91-52(21-24-65(106)107)74(117)96-57(32-66(108)109)79(122)93-53(28-43-13-8-7-9-14-43)76(119)95-55(30-49-19-22-62(49)102)77(120)97-58(33-67(110)111)80(123)101-68(84(4,5)6)83(126)98-59(69(87)112)37-127-34-44/h7-18,25-27,40-42,49,51-62,68,102H,19-24,28-39,85H2,1-6H3,(H2,86,103)(H2,87,112)(H,88,118)(H,89,124)(H,90,121)(H,91,125)(H,92,114)(H,93,122)(H,94,116)(H,95,119)(H,96,117)(H,97,120)(H,98,126)(H,99,113)(H,100,115)(H,101,123)(H,104,105)(H,106,107)(H,108,109)(H,110,111)/t40-,41+,42+,49?,51-,52-,53-,54-,55-,56-,57-,58-,59-,60-,61+,62-,68+/m0/s1. The van der Waals surface area contributed by atoms with Crippen molar-refractivity contribution in [3.63, 3.8) is 0 Å². The lowest BCUT2D eigenvalue weighted by Crippen LogP contribution is -2.62. The molecular weight excluding hydrogens is 1740 g/mol. The molecule has 4 aromatic rings. The molecule has 7 rings (SSSR count). The summed E-state index contributed by atoms with van der Waals surface area (Å²) in [7, 11) is 0. The molecule has 0 aromatic heterocycles. The van der Waals surface area contributed by atoms with Crippen LogP contribution in [0.2, 0.25) is 0 Å². The number of fused-ring (bicyclic) bond motifs is 6. The normalized spacial score (nSPS) is 25.9. The number of carboxylic acids is 4. The van der Waals surface area contributed by atoms with Gasteiger partial charge in [0.2, 0.25) is 94.5 Å². The van der Waals surface area contributed by atoms with Gasteiger partial charge in [-0.25, -0.2) is 0 Å². The Hall–Kier alpha value is -12.5. The number of rotatable bonds is 21. The zero-order valence-corrected chi connectivity index (χ0v) is 74.0. The highest BCUT2D eigenvalue weighted by Gasteiger charge is 2.43. The Morgan fingerprint density at radius 3 is 1.40 bits per heavy atom. The Morgan fingerprint density at radius 2 is 0.884 bits per heavy atom. The van der Waals surface area contributed by atoms with Gasteiger partial charge in [-0.15, -0.1) is 0 Å². The number of hydrogen-bond donors (Lipinski definition) is 22. The minimum atomic E-state index is -2.21. The number of aliphatic carboxylic acids is 4. The molecule has 2 aliphatic heterocycles. The van der Waals surface area contributed by atoms with Crippen LogP contribution < -0.4 is 91.6 Å². The van der Waals surface area contributed by atoms with Crippen molar-refractivity contribution in [2.75, 3.05) is 17.3 Å². The number of primary amides is 2. The van der Waals surface area contributed by atoms with Crippen molar-refractivity contribution in [2.45, 2.75) is 233 Å². The number of carbonyl (C=O) groups excluding carboxylic acids is 16. The summed E-state index contributed by atoms with van der Waals surface area (Å²) in [6.45, 7) is 8.21. The zero-order chi connectivity index (χ0) is 95.3. The van der Waals surface area contributed by atoms with Crippen molar-refractivity contribution in [2.24, 2.45) is 28.5 Å². The van der Waals surface area contributed by atoms with E-state index >= 15 is 9.59 Å². The van der Waals surface area contributed by atoms with E-state index in [0.717, 1.165) is 35.3 Å². The number of hydrogen-bond acceptors (Lipinski definition) is 25. The first-order chi connectivity index (χ1) is 60.8. The van der Waals surface area contributed by atoms with Gasteiger partial charge < -0.3 is 117 Å². The van der Waals surface area contributed by atoms with E-state index in [-0.39, 0.29) is 41.6 Å². The molecule has 129 heavy (non-hydrogen) atoms. The molecular formula is C84H111N17O25S3. The van der Waals surface area contributed by atoms with E-state index in [2.05, 4.69) is 74.4 Å². The molecule has 1 saturated carbocycles. The van der Waals surface area contributed by atoms with E-state index in [1.807, 2.05) is 0 Å². The predicted octanol–water partition coefficient (Wildman–Crippen LogP) is -3.53. The molecule has 0 radical (unpaired) electrons. The number of amides is 16. The summed E-state index contributed by atoms with van der Waals surface area (Å²) in [5, 5.41) is 86.8. The Bertz CT molecular complexity index is 4820. The van der Waals surface area contributed by atoms with Crippen LogP contribution in [0.4, 0.5) is 0 Å². The monoisotopic (exact) mass is 1850 g/mol. The first kappa shape index (κ1) is 104. The lowest BCUT2D eigenvalue weighted by Gasteiger charge is -2.36. The van der Waals surface area contributed by atoms with E-state index in [9.17, 15) is 112 Å². The fraction of sp³-hybridized carbons (Fsp3) is 0.500. The van der Waals surface area contributed by atoms with Gasteiger partial charge in [0, 0.05) is 60.2 Å². The fourth-order valence-electron chi connectivity index (χ4n) is 13.8. The van der Waals surface area contributed by atoms with Crippen LogP contribution in [-0.4, -0.2) is 258 Å². The molecule has 1 fully saturated rings. The number of aliphatic hydroxyl groups excluding tert-OH is 1. The van der Waals surface area contributed by atoms with Crippen LogP contribution >= 0.6 is 35.3 Å². The third kappa shape index (κ3) is 33.3. The molecule has 2 heterocycles. The van der Waals surface area contributed by atoms with E-state index < -0.39 is 290 Å². The highest BCUT2D eigenvalue weighted by Crippen LogP contribution is 2.32. The van der Waals surface area contributed by atoms with Gasteiger partial charge in [0.05, 0.1) is 31.4 Å². The summed E-state index contributed by atoms with van der Waals surface area (Å²) in [4.78, 5) is 281. The van der Waals surface area contributed by atoms with E-state index in [0.29, 0.717) is 45.0 Å². The highest BCUT2D eigenvalue weighted by molar-refractivity contribution is 7.99. The molecule has 42 nitrogen and oxygen atoms in total. The summed E-state index contributed by atoms with van der Waals surface area (Å²) in [5.74, 6) is -26.9. The molecule has 4 aromatic carbocycles. The largest absolute Gasteiger partial charge is 0.481 e. The number of nitrogens with one attached hydrogen (secondary N) is 14. The van der Waals surface area contributed by atoms with Crippen molar-refractivity contribution < 1.29 is 121 Å². The number of carbonyl (C=O) groups is 20. The molecule has 700 valence electrons. The summed E-state index contributed by atoms with van der Waals surface area (Å²) in [6, 6.07) is -1.80. The van der Waals surface area contributed by atoms with Crippen LogP contribution in [0, 0.1) is 11.3 Å². The van der Waals surface area contributed by atoms with Crippen LogP contribution in [0.1, 0.15) is 134 Å². The van der Waals surface area contributed by atoms with Crippen molar-refractivity contribution in [1.29, 1.82) is 0 Å². The third-order valence-corrected chi connectivity index (χ3v) is 24.4. The first-order valence-electron chi connectivity index (χ1n) is 41.3. The molecule has 0 spiro atoms. The predicted molar refractivity (Wildman–Crippen MR) is 469 cm³/mol. The molecule has 1 unspecified atom stereocenters. The second kappa shape index (κ2) is 49.2. The minimum Gasteiger partial charge on any atom is -0.481 e. The van der Waals surface area contributed by atoms with Crippen molar-refractivity contribution in [3.8, 4) is 0 Å². The van der Waals surface area contributed by atoms with Gasteiger partial charge >= 0.3 is 23.9 Å². The second-order valence-corrected chi connectivity index (χ2v) is 35.8. The van der Waals surface area contributed by atoms with Crippen molar-refractivity contribution in [3.05, 3.63) is 119 Å². The molecule has 1 aliphatic carbocycles. The van der Waals surface area contributed by atoms with Gasteiger partial charge in [0.25, 0.3) is 0 Å². The van der Waals surface area contributed by atoms with Gasteiger partial charge in [-0.2, -0.15) is 35.3 Å². The lowest BCUT2D eigenvalue weighted by molar-refractivity contribution is -0.143. The number of carboxylic acid groups (broad SMARTS) is 4. The van der Waals surface area contributed by atoms with Crippen LogP contribution in [-0.2, 0) is 126 Å². The average Bonchev–Trinajstić information content (AvgIpc) is 0.850. The molecule has 17 atom stereocenters. The first-order valence-corrected chi connectivity index (χ1v) is 44.8. The molecule has 45 heteroatoms. The maximum atomic E-state index is 15.3. The van der Waals surface area contributed by atoms with Gasteiger partial charge in [0.1, 0.15) is 84.6 Å². The summed E-state index contributed by atoms with van der Waals surface area (Å²) >= 11 is 3.07. The van der Waals surface area contributed by atoms with E-state index in [1.165, 1.54) is 53.7 Å². The van der Waals surface area contributed by atoms with Gasteiger partial charge in [-0.3, -0.25) is 95.9 Å². The number of benzene rings is 4. The highest BCUT2D eigenvalue weighted by atomic mass is 32.2. The molecule has 16 amide bonds. The van der Waals surface area contributed by atoms with Crippen LogP contribution in [0.5, 0.6) is 0 Å². The molecule has 3 aliphatic rings. The maximum Gasteiger partial charge on any atom is 0.305 e. The van der Waals surface area contributed by atoms with Crippen molar-refractivity contribution >= 4 is 164 Å². The SMILES string of the molecule is C[C@H](N)C(=O)N[C@H]1CSCc2cc3cc(c2)CSC[C@@H](NC(=O)[C@@H](C)NC(=O)[C@H](Cc2cccc4ccccc24)NC(=O)[C@H](CCC(=O)O)NC(=O)[C@H](CC(N)=O)NC(=O)[C@@H](C)NC1=O)C(=O)N[C@@H](CCC(=O)O)C(=O)N[C@@H](CC(=O)O)C(=O)N[C@@H](Cc1ccccc1)C(=O)N[C@@H](CC1CC[C@@H]1O)C(=O)N[C@@H](CC(=O)O)C(=O)N[C@@H](C(C)(C)C)C(=O)N[C@H](C(N)=O)CSC3. The summed E-state index contributed by atoms with van der Waals surface area (Å²) < 4.78 is 0.